The lowest BCUT2D eigenvalue weighted by Crippen LogP contribution is -2.25. The normalized spacial score (nSPS) is 24.0. The Kier molecular flexibility index (Phi) is 3.85. The van der Waals surface area contributed by atoms with Crippen LogP contribution >= 0.6 is 0 Å². The Balaban J connectivity index is 1.39. The zero-order valence-corrected chi connectivity index (χ0v) is 13.7. The molecule has 0 amide bonds. The van der Waals surface area contributed by atoms with Crippen molar-refractivity contribution < 1.29 is 13.3 Å². The van der Waals surface area contributed by atoms with Gasteiger partial charge in [-0.25, -0.2) is 18.4 Å². The first-order valence-electron chi connectivity index (χ1n) is 8.59. The highest BCUT2D eigenvalue weighted by Crippen LogP contribution is 2.37. The topological polar surface area (TPSA) is 69.6 Å². The Morgan fingerprint density at radius 2 is 2.00 bits per heavy atom. The van der Waals surface area contributed by atoms with Gasteiger partial charge in [-0.05, 0) is 32.1 Å². The molecule has 0 bridgehead atoms. The molecule has 0 N–H and O–H groups in total. The van der Waals surface area contributed by atoms with Gasteiger partial charge in [0.1, 0.15) is 11.6 Å². The van der Waals surface area contributed by atoms with Crippen molar-refractivity contribution in [2.75, 3.05) is 0 Å². The summed E-state index contributed by atoms with van der Waals surface area (Å²) in [5.41, 5.74) is 0. The fourth-order valence-corrected chi connectivity index (χ4v) is 3.71. The number of hydrogen-bond donors (Lipinski definition) is 0. The van der Waals surface area contributed by atoms with Crippen LogP contribution in [0.3, 0.4) is 0 Å². The molecule has 1 unspecified atom stereocenters. The van der Waals surface area contributed by atoms with Gasteiger partial charge in [0.05, 0.1) is 12.5 Å². The Hall–Kier alpha value is -1.86. The van der Waals surface area contributed by atoms with Gasteiger partial charge >= 0.3 is 0 Å². The first-order chi connectivity index (χ1) is 11.5. The zero-order chi connectivity index (χ0) is 16.7. The largest absolute Gasteiger partial charge is 0.339 e. The van der Waals surface area contributed by atoms with Gasteiger partial charge in [-0.2, -0.15) is 10.1 Å². The maximum absolute atomic E-state index is 13.2. The number of alkyl halides is 2. The van der Waals surface area contributed by atoms with Crippen LogP contribution in [0.5, 0.6) is 0 Å². The number of aromatic nitrogens is 5. The van der Waals surface area contributed by atoms with Crippen molar-refractivity contribution >= 4 is 0 Å². The second-order valence-corrected chi connectivity index (χ2v) is 7.05. The van der Waals surface area contributed by atoms with Crippen LogP contribution in [-0.2, 0) is 19.4 Å². The molecule has 4 rings (SSSR count). The third kappa shape index (κ3) is 3.18. The van der Waals surface area contributed by atoms with E-state index in [1.54, 1.807) is 0 Å². The van der Waals surface area contributed by atoms with Crippen molar-refractivity contribution in [2.24, 2.45) is 5.92 Å². The molecule has 1 aliphatic carbocycles. The van der Waals surface area contributed by atoms with Gasteiger partial charge in [-0.15, -0.1) is 0 Å². The predicted octanol–water partition coefficient (Wildman–Crippen LogP) is 3.07. The van der Waals surface area contributed by atoms with Gasteiger partial charge in [-0.3, -0.25) is 0 Å². The van der Waals surface area contributed by atoms with Crippen molar-refractivity contribution in [3.8, 4) is 0 Å². The zero-order valence-electron chi connectivity index (χ0n) is 13.7. The van der Waals surface area contributed by atoms with E-state index >= 15 is 0 Å². The summed E-state index contributed by atoms with van der Waals surface area (Å²) < 4.78 is 33.8. The van der Waals surface area contributed by atoms with Crippen LogP contribution < -0.4 is 0 Å². The van der Waals surface area contributed by atoms with E-state index < -0.39 is 5.92 Å². The number of halogens is 2. The minimum absolute atomic E-state index is 0.0283. The first-order valence-corrected chi connectivity index (χ1v) is 8.59. The summed E-state index contributed by atoms with van der Waals surface area (Å²) in [6.07, 6.45) is 3.39. The second kappa shape index (κ2) is 5.89. The SMILES string of the molecule is Cc1nc2n(n1)CC(c1nc(CC3CCC(F)(F)CC3)no1)CC2. The summed E-state index contributed by atoms with van der Waals surface area (Å²) >= 11 is 0. The number of hydrogen-bond acceptors (Lipinski definition) is 5. The first kappa shape index (κ1) is 15.7. The molecule has 2 aromatic heterocycles. The van der Waals surface area contributed by atoms with Gasteiger partial charge in [0.15, 0.2) is 5.82 Å². The average Bonchev–Trinajstić information content (AvgIpc) is 3.14. The maximum atomic E-state index is 13.2. The summed E-state index contributed by atoms with van der Waals surface area (Å²) in [5.74, 6) is 0.944. The van der Waals surface area contributed by atoms with Gasteiger partial charge in [0, 0.05) is 25.7 Å². The van der Waals surface area contributed by atoms with E-state index in [9.17, 15) is 8.78 Å². The highest BCUT2D eigenvalue weighted by Gasteiger charge is 2.35. The molecule has 1 saturated carbocycles. The highest BCUT2D eigenvalue weighted by atomic mass is 19.3. The molecule has 3 heterocycles. The standard InChI is InChI=1S/C16H21F2N5O/c1-10-19-14-3-2-12(9-23(14)21-10)15-20-13(22-24-15)8-11-4-6-16(17,18)7-5-11/h11-12H,2-9H2,1H3. The molecular formula is C16H21F2N5O. The lowest BCUT2D eigenvalue weighted by atomic mass is 9.84. The summed E-state index contributed by atoms with van der Waals surface area (Å²) in [6.45, 7) is 2.59. The Morgan fingerprint density at radius 1 is 1.21 bits per heavy atom. The number of aryl methyl sites for hydroxylation is 2. The summed E-state index contributed by atoms with van der Waals surface area (Å²) in [6, 6.07) is 0. The molecule has 1 fully saturated rings. The third-order valence-corrected chi connectivity index (χ3v) is 5.10. The molecule has 0 saturated heterocycles. The van der Waals surface area contributed by atoms with Gasteiger partial charge in [0.25, 0.3) is 0 Å². The van der Waals surface area contributed by atoms with Crippen LogP contribution in [0.4, 0.5) is 8.78 Å². The molecule has 24 heavy (non-hydrogen) atoms. The molecule has 0 radical (unpaired) electrons. The quantitative estimate of drug-likeness (QED) is 0.861. The maximum Gasteiger partial charge on any atom is 0.248 e. The summed E-state index contributed by atoms with van der Waals surface area (Å²) in [5, 5.41) is 8.45. The molecule has 0 spiro atoms. The lowest BCUT2D eigenvalue weighted by Gasteiger charge is -2.27. The third-order valence-electron chi connectivity index (χ3n) is 5.10. The summed E-state index contributed by atoms with van der Waals surface area (Å²) in [4.78, 5) is 8.91. The molecule has 6 nitrogen and oxygen atoms in total. The Morgan fingerprint density at radius 3 is 2.79 bits per heavy atom. The van der Waals surface area contributed by atoms with E-state index in [1.807, 2.05) is 11.6 Å². The highest BCUT2D eigenvalue weighted by molar-refractivity contribution is 5.03. The van der Waals surface area contributed by atoms with Crippen LogP contribution in [0.2, 0.25) is 0 Å². The van der Waals surface area contributed by atoms with Crippen molar-refractivity contribution in [3.05, 3.63) is 23.4 Å². The molecular weight excluding hydrogens is 316 g/mol. The van der Waals surface area contributed by atoms with Crippen LogP contribution in [0.15, 0.2) is 4.52 Å². The van der Waals surface area contributed by atoms with Gasteiger partial charge in [-0.1, -0.05) is 5.16 Å². The van der Waals surface area contributed by atoms with Crippen LogP contribution in [0.1, 0.15) is 61.4 Å². The minimum Gasteiger partial charge on any atom is -0.339 e. The van der Waals surface area contributed by atoms with E-state index in [-0.39, 0.29) is 24.7 Å². The lowest BCUT2D eigenvalue weighted by molar-refractivity contribution is -0.0458. The van der Waals surface area contributed by atoms with E-state index in [0.29, 0.717) is 37.5 Å². The van der Waals surface area contributed by atoms with Crippen molar-refractivity contribution in [1.82, 2.24) is 24.9 Å². The van der Waals surface area contributed by atoms with E-state index in [4.69, 9.17) is 4.52 Å². The van der Waals surface area contributed by atoms with Crippen molar-refractivity contribution in [2.45, 2.75) is 70.3 Å². The summed E-state index contributed by atoms with van der Waals surface area (Å²) in [7, 11) is 0. The number of rotatable bonds is 3. The van der Waals surface area contributed by atoms with Crippen molar-refractivity contribution in [3.63, 3.8) is 0 Å². The van der Waals surface area contributed by atoms with E-state index in [0.717, 1.165) is 24.5 Å². The molecule has 0 aromatic carbocycles. The molecule has 2 aliphatic rings. The Labute approximate surface area is 138 Å². The van der Waals surface area contributed by atoms with Crippen LogP contribution in [0, 0.1) is 12.8 Å². The number of fused-ring (bicyclic) bond motifs is 1. The molecule has 1 atom stereocenters. The molecule has 130 valence electrons. The number of nitrogens with zero attached hydrogens (tertiary/aromatic N) is 5. The predicted molar refractivity (Wildman–Crippen MR) is 80.7 cm³/mol. The van der Waals surface area contributed by atoms with Crippen molar-refractivity contribution in [1.29, 1.82) is 0 Å². The Bertz CT molecular complexity index is 716. The van der Waals surface area contributed by atoms with E-state index in [1.165, 1.54) is 0 Å². The van der Waals surface area contributed by atoms with Gasteiger partial charge in [0.2, 0.25) is 11.8 Å². The molecule has 8 heteroatoms. The van der Waals surface area contributed by atoms with Crippen LogP contribution in [0.25, 0.3) is 0 Å². The average molecular weight is 337 g/mol. The molecule has 2 aromatic rings. The monoisotopic (exact) mass is 337 g/mol. The van der Waals surface area contributed by atoms with E-state index in [2.05, 4.69) is 20.2 Å². The van der Waals surface area contributed by atoms with Gasteiger partial charge < -0.3 is 4.52 Å². The second-order valence-electron chi connectivity index (χ2n) is 7.05. The minimum atomic E-state index is -2.49. The van der Waals surface area contributed by atoms with Crippen LogP contribution in [-0.4, -0.2) is 30.8 Å². The fraction of sp³-hybridized carbons (Fsp3) is 0.750. The smallest absolute Gasteiger partial charge is 0.248 e. The molecule has 1 aliphatic heterocycles. The fourth-order valence-electron chi connectivity index (χ4n) is 3.71.